The highest BCUT2D eigenvalue weighted by atomic mass is 16.6. The zero-order valence-electron chi connectivity index (χ0n) is 13.2. The Hall–Kier alpha value is -1.10. The summed E-state index contributed by atoms with van der Waals surface area (Å²) >= 11 is 0. The Morgan fingerprint density at radius 3 is 2.30 bits per heavy atom. The molecule has 5 nitrogen and oxygen atoms in total. The molecule has 0 aromatic carbocycles. The lowest BCUT2D eigenvalue weighted by atomic mass is 9.72. The second-order valence-corrected chi connectivity index (χ2v) is 6.19. The molecular weight excluding hydrogens is 260 g/mol. The first kappa shape index (κ1) is 17.0. The molecule has 2 atom stereocenters. The minimum absolute atomic E-state index is 0.0663. The van der Waals surface area contributed by atoms with Crippen LogP contribution < -0.4 is 0 Å². The lowest BCUT2D eigenvalue weighted by Crippen LogP contribution is -2.54. The molecule has 0 unspecified atom stereocenters. The van der Waals surface area contributed by atoms with E-state index in [-0.39, 0.29) is 23.7 Å². The van der Waals surface area contributed by atoms with E-state index in [4.69, 9.17) is 14.2 Å². The van der Waals surface area contributed by atoms with Gasteiger partial charge in [-0.1, -0.05) is 13.8 Å². The fourth-order valence-corrected chi connectivity index (χ4v) is 2.57. The van der Waals surface area contributed by atoms with E-state index in [1.807, 2.05) is 0 Å². The van der Waals surface area contributed by atoms with Crippen molar-refractivity contribution in [2.75, 3.05) is 19.8 Å². The van der Waals surface area contributed by atoms with Crippen LogP contribution in [0.15, 0.2) is 0 Å². The van der Waals surface area contributed by atoms with Crippen molar-refractivity contribution in [2.45, 2.75) is 53.1 Å². The first-order valence-corrected chi connectivity index (χ1v) is 7.22. The zero-order valence-corrected chi connectivity index (χ0v) is 13.2. The summed E-state index contributed by atoms with van der Waals surface area (Å²) < 4.78 is 15.9. The standard InChI is InChI=1S/C15H26O5/c1-6-18-12(16)8-11-9-14(3,4)10-20-15(11,5)13(17)19-7-2/h11H,6-10H2,1-5H3/t11-,15-/m1/s1. The van der Waals surface area contributed by atoms with E-state index in [0.717, 1.165) is 6.42 Å². The molecule has 5 heteroatoms. The third-order valence-electron chi connectivity index (χ3n) is 3.74. The second-order valence-electron chi connectivity index (χ2n) is 6.19. The fraction of sp³-hybridized carbons (Fsp3) is 0.867. The molecule has 116 valence electrons. The van der Waals surface area contributed by atoms with Crippen LogP contribution in [0, 0.1) is 11.3 Å². The maximum absolute atomic E-state index is 12.2. The van der Waals surface area contributed by atoms with E-state index < -0.39 is 11.6 Å². The molecule has 1 aliphatic heterocycles. The van der Waals surface area contributed by atoms with Gasteiger partial charge in [-0.05, 0) is 32.6 Å². The van der Waals surface area contributed by atoms with Crippen molar-refractivity contribution in [3.63, 3.8) is 0 Å². The van der Waals surface area contributed by atoms with E-state index >= 15 is 0 Å². The molecule has 0 amide bonds. The van der Waals surface area contributed by atoms with Gasteiger partial charge in [0.25, 0.3) is 0 Å². The van der Waals surface area contributed by atoms with Gasteiger partial charge in [0.1, 0.15) is 0 Å². The van der Waals surface area contributed by atoms with E-state index in [1.165, 1.54) is 0 Å². The fourth-order valence-electron chi connectivity index (χ4n) is 2.57. The molecule has 1 saturated heterocycles. The zero-order chi connectivity index (χ0) is 15.4. The Morgan fingerprint density at radius 1 is 1.15 bits per heavy atom. The van der Waals surface area contributed by atoms with Gasteiger partial charge in [0.05, 0.1) is 26.2 Å². The van der Waals surface area contributed by atoms with Gasteiger partial charge in [-0.15, -0.1) is 0 Å². The highest BCUT2D eigenvalue weighted by Crippen LogP contribution is 2.42. The van der Waals surface area contributed by atoms with Gasteiger partial charge in [0.2, 0.25) is 0 Å². The van der Waals surface area contributed by atoms with Gasteiger partial charge >= 0.3 is 11.9 Å². The number of esters is 2. The van der Waals surface area contributed by atoms with E-state index in [1.54, 1.807) is 20.8 Å². The van der Waals surface area contributed by atoms with Crippen LogP contribution in [0.1, 0.15) is 47.5 Å². The van der Waals surface area contributed by atoms with Crippen LogP contribution in [0.25, 0.3) is 0 Å². The Morgan fingerprint density at radius 2 is 1.75 bits per heavy atom. The highest BCUT2D eigenvalue weighted by molar-refractivity contribution is 5.81. The van der Waals surface area contributed by atoms with Crippen molar-refractivity contribution >= 4 is 11.9 Å². The predicted molar refractivity (Wildman–Crippen MR) is 74.1 cm³/mol. The summed E-state index contributed by atoms with van der Waals surface area (Å²) in [5.74, 6) is -0.927. The van der Waals surface area contributed by atoms with Crippen LogP contribution in [-0.4, -0.2) is 37.4 Å². The molecule has 0 spiro atoms. The molecule has 0 bridgehead atoms. The quantitative estimate of drug-likeness (QED) is 0.726. The summed E-state index contributed by atoms with van der Waals surface area (Å²) in [7, 11) is 0. The summed E-state index contributed by atoms with van der Waals surface area (Å²) in [4.78, 5) is 23.9. The monoisotopic (exact) mass is 286 g/mol. The van der Waals surface area contributed by atoms with Gasteiger partial charge in [-0.2, -0.15) is 0 Å². The van der Waals surface area contributed by atoms with Crippen molar-refractivity contribution in [3.8, 4) is 0 Å². The second kappa shape index (κ2) is 6.57. The van der Waals surface area contributed by atoms with Gasteiger partial charge in [0.15, 0.2) is 5.60 Å². The van der Waals surface area contributed by atoms with Gasteiger partial charge in [0, 0.05) is 5.92 Å². The van der Waals surface area contributed by atoms with Crippen LogP contribution in [0.5, 0.6) is 0 Å². The summed E-state index contributed by atoms with van der Waals surface area (Å²) in [6.07, 6.45) is 0.897. The van der Waals surface area contributed by atoms with Gasteiger partial charge < -0.3 is 14.2 Å². The Labute approximate surface area is 121 Å². The smallest absolute Gasteiger partial charge is 0.338 e. The summed E-state index contributed by atoms with van der Waals surface area (Å²) in [6, 6.07) is 0. The molecule has 0 aromatic heterocycles. The molecular formula is C15H26O5. The van der Waals surface area contributed by atoms with Crippen molar-refractivity contribution in [1.29, 1.82) is 0 Å². The van der Waals surface area contributed by atoms with Crippen LogP contribution in [0.3, 0.4) is 0 Å². The highest BCUT2D eigenvalue weighted by Gasteiger charge is 2.50. The van der Waals surface area contributed by atoms with Crippen molar-refractivity contribution in [1.82, 2.24) is 0 Å². The Bertz CT molecular complexity index is 363. The van der Waals surface area contributed by atoms with Crippen molar-refractivity contribution < 1.29 is 23.8 Å². The van der Waals surface area contributed by atoms with Crippen molar-refractivity contribution in [2.24, 2.45) is 11.3 Å². The topological polar surface area (TPSA) is 61.8 Å². The number of ether oxygens (including phenoxy) is 3. The van der Waals surface area contributed by atoms with E-state index in [0.29, 0.717) is 19.8 Å². The average Bonchev–Trinajstić information content (AvgIpc) is 2.34. The lowest BCUT2D eigenvalue weighted by molar-refractivity contribution is -0.200. The van der Waals surface area contributed by atoms with Crippen LogP contribution in [0.2, 0.25) is 0 Å². The maximum atomic E-state index is 12.2. The summed E-state index contributed by atoms with van der Waals surface area (Å²) in [6.45, 7) is 10.5. The molecule has 0 aliphatic carbocycles. The van der Waals surface area contributed by atoms with Crippen molar-refractivity contribution in [3.05, 3.63) is 0 Å². The van der Waals surface area contributed by atoms with Gasteiger partial charge in [-0.25, -0.2) is 4.79 Å². The lowest BCUT2D eigenvalue weighted by Gasteiger charge is -2.45. The summed E-state index contributed by atoms with van der Waals surface area (Å²) in [5.41, 5.74) is -1.14. The molecule has 1 heterocycles. The first-order valence-electron chi connectivity index (χ1n) is 7.22. The number of hydrogen-bond donors (Lipinski definition) is 0. The normalized spacial score (nSPS) is 28.8. The van der Waals surface area contributed by atoms with Crippen LogP contribution in [0.4, 0.5) is 0 Å². The molecule has 0 N–H and O–H groups in total. The number of carbonyl (C=O) groups is 2. The molecule has 0 aromatic rings. The van der Waals surface area contributed by atoms with Crippen LogP contribution >= 0.6 is 0 Å². The SMILES string of the molecule is CCOC(=O)C[C@@H]1CC(C)(C)CO[C@@]1(C)C(=O)OCC. The number of hydrogen-bond acceptors (Lipinski definition) is 5. The number of rotatable bonds is 5. The summed E-state index contributed by atoms with van der Waals surface area (Å²) in [5, 5.41) is 0. The molecule has 0 radical (unpaired) electrons. The molecule has 1 aliphatic rings. The first-order chi connectivity index (χ1) is 9.25. The molecule has 0 saturated carbocycles. The largest absolute Gasteiger partial charge is 0.466 e. The number of carbonyl (C=O) groups excluding carboxylic acids is 2. The molecule has 20 heavy (non-hydrogen) atoms. The maximum Gasteiger partial charge on any atom is 0.338 e. The molecule has 1 fully saturated rings. The average molecular weight is 286 g/mol. The minimum atomic E-state index is -1.07. The van der Waals surface area contributed by atoms with Crippen LogP contribution in [-0.2, 0) is 23.8 Å². The predicted octanol–water partition coefficient (Wildman–Crippen LogP) is 2.32. The Kier molecular flexibility index (Phi) is 5.57. The third kappa shape index (κ3) is 3.95. The Balaban J connectivity index is 2.89. The van der Waals surface area contributed by atoms with E-state index in [2.05, 4.69) is 13.8 Å². The van der Waals surface area contributed by atoms with E-state index in [9.17, 15) is 9.59 Å². The minimum Gasteiger partial charge on any atom is -0.466 e. The third-order valence-corrected chi connectivity index (χ3v) is 3.74. The molecule has 1 rings (SSSR count). The van der Waals surface area contributed by atoms with Gasteiger partial charge in [-0.3, -0.25) is 4.79 Å².